The predicted molar refractivity (Wildman–Crippen MR) is 80.7 cm³/mol. The van der Waals surface area contributed by atoms with Crippen molar-refractivity contribution < 1.29 is 0 Å². The average Bonchev–Trinajstić information content (AvgIpc) is 2.48. The van der Waals surface area contributed by atoms with Gasteiger partial charge < -0.3 is 5.32 Å². The third-order valence-electron chi connectivity index (χ3n) is 3.84. The van der Waals surface area contributed by atoms with E-state index in [0.29, 0.717) is 17.3 Å². The average molecular weight is 263 g/mol. The molecule has 1 aromatic heterocycles. The summed E-state index contributed by atoms with van der Waals surface area (Å²) >= 11 is 0. The van der Waals surface area contributed by atoms with Crippen molar-refractivity contribution in [3.8, 4) is 17.3 Å². The van der Waals surface area contributed by atoms with Crippen molar-refractivity contribution in [2.45, 2.75) is 26.2 Å². The van der Waals surface area contributed by atoms with E-state index in [2.05, 4.69) is 36.5 Å². The summed E-state index contributed by atoms with van der Waals surface area (Å²) in [5.74, 6) is 1.16. The van der Waals surface area contributed by atoms with Crippen LogP contribution in [-0.4, -0.2) is 11.5 Å². The van der Waals surface area contributed by atoms with E-state index in [4.69, 9.17) is 4.98 Å². The zero-order valence-corrected chi connectivity index (χ0v) is 11.8. The van der Waals surface area contributed by atoms with Gasteiger partial charge in [-0.1, -0.05) is 31.2 Å². The Bertz CT molecular complexity index is 698. The van der Waals surface area contributed by atoms with E-state index in [1.165, 1.54) is 16.7 Å². The van der Waals surface area contributed by atoms with Crippen molar-refractivity contribution in [2.75, 3.05) is 11.9 Å². The second-order valence-corrected chi connectivity index (χ2v) is 5.23. The zero-order valence-electron chi connectivity index (χ0n) is 11.8. The zero-order chi connectivity index (χ0) is 14.1. The Labute approximate surface area is 119 Å². The first-order valence-corrected chi connectivity index (χ1v) is 7.01. The normalized spacial score (nSPS) is 15.9. The van der Waals surface area contributed by atoms with Crippen molar-refractivity contribution in [2.24, 2.45) is 0 Å². The van der Waals surface area contributed by atoms with Crippen LogP contribution in [0.2, 0.25) is 0 Å². The maximum atomic E-state index is 9.28. The number of aromatic nitrogens is 1. The monoisotopic (exact) mass is 263 g/mol. The minimum Gasteiger partial charge on any atom is -0.369 e. The molecule has 0 amide bonds. The van der Waals surface area contributed by atoms with Gasteiger partial charge >= 0.3 is 0 Å². The Hall–Kier alpha value is -2.34. The molecule has 1 aromatic carbocycles. The molecular weight excluding hydrogens is 246 g/mol. The SMILES string of the molecule is CCNc1nc2c(cc1C#N)CC(C)c1ccccc1-2. The fraction of sp³-hybridized carbons (Fsp3) is 0.294. The number of nitrogens with zero attached hydrogens (tertiary/aromatic N) is 2. The van der Waals surface area contributed by atoms with Gasteiger partial charge in [-0.3, -0.25) is 0 Å². The Morgan fingerprint density at radius 1 is 1.40 bits per heavy atom. The van der Waals surface area contributed by atoms with Gasteiger partial charge in [0.1, 0.15) is 11.9 Å². The summed E-state index contributed by atoms with van der Waals surface area (Å²) in [4.78, 5) is 4.72. The van der Waals surface area contributed by atoms with Crippen LogP contribution in [0.15, 0.2) is 30.3 Å². The highest BCUT2D eigenvalue weighted by Gasteiger charge is 2.24. The van der Waals surface area contributed by atoms with E-state index in [9.17, 15) is 5.26 Å². The fourth-order valence-electron chi connectivity index (χ4n) is 2.91. The number of anilines is 1. The van der Waals surface area contributed by atoms with Crippen LogP contribution in [0.3, 0.4) is 0 Å². The van der Waals surface area contributed by atoms with Gasteiger partial charge in [-0.05, 0) is 36.5 Å². The van der Waals surface area contributed by atoms with Crippen molar-refractivity contribution in [3.63, 3.8) is 0 Å². The van der Waals surface area contributed by atoms with Crippen molar-refractivity contribution >= 4 is 5.82 Å². The van der Waals surface area contributed by atoms with Crippen LogP contribution in [0.5, 0.6) is 0 Å². The molecule has 1 atom stereocenters. The predicted octanol–water partition coefficient (Wildman–Crippen LogP) is 3.71. The first-order chi connectivity index (χ1) is 9.74. The molecule has 1 aliphatic carbocycles. The van der Waals surface area contributed by atoms with E-state index < -0.39 is 0 Å². The molecule has 0 bridgehead atoms. The second kappa shape index (κ2) is 4.97. The molecule has 1 heterocycles. The molecule has 0 fully saturated rings. The molecule has 0 spiro atoms. The second-order valence-electron chi connectivity index (χ2n) is 5.23. The highest BCUT2D eigenvalue weighted by atomic mass is 15.0. The van der Waals surface area contributed by atoms with E-state index in [1.807, 2.05) is 19.1 Å². The summed E-state index contributed by atoms with van der Waals surface area (Å²) in [6, 6.07) is 12.7. The van der Waals surface area contributed by atoms with Crippen LogP contribution >= 0.6 is 0 Å². The first kappa shape index (κ1) is 12.7. The molecule has 3 heteroatoms. The molecule has 0 aliphatic heterocycles. The van der Waals surface area contributed by atoms with Crippen molar-refractivity contribution in [1.82, 2.24) is 4.98 Å². The smallest absolute Gasteiger partial charge is 0.144 e. The third-order valence-corrected chi connectivity index (χ3v) is 3.84. The number of nitrogens with one attached hydrogen (secondary N) is 1. The fourth-order valence-corrected chi connectivity index (χ4v) is 2.91. The lowest BCUT2D eigenvalue weighted by atomic mass is 9.81. The number of hydrogen-bond donors (Lipinski definition) is 1. The molecule has 20 heavy (non-hydrogen) atoms. The topological polar surface area (TPSA) is 48.7 Å². The molecule has 3 nitrogen and oxygen atoms in total. The Morgan fingerprint density at radius 2 is 2.20 bits per heavy atom. The summed E-state index contributed by atoms with van der Waals surface area (Å²) in [7, 11) is 0. The van der Waals surface area contributed by atoms with E-state index in [1.54, 1.807) is 0 Å². The number of pyridine rings is 1. The van der Waals surface area contributed by atoms with Gasteiger partial charge in [0.25, 0.3) is 0 Å². The molecule has 2 aromatic rings. The number of fused-ring (bicyclic) bond motifs is 3. The molecule has 100 valence electrons. The summed E-state index contributed by atoms with van der Waals surface area (Å²) in [5.41, 5.74) is 5.38. The molecule has 3 rings (SSSR count). The molecule has 1 unspecified atom stereocenters. The molecule has 0 saturated heterocycles. The summed E-state index contributed by atoms with van der Waals surface area (Å²) in [6.07, 6.45) is 0.945. The Kier molecular flexibility index (Phi) is 3.15. The lowest BCUT2D eigenvalue weighted by molar-refractivity contribution is 0.744. The summed E-state index contributed by atoms with van der Waals surface area (Å²) in [6.45, 7) is 5.00. The van der Waals surface area contributed by atoms with Crippen LogP contribution < -0.4 is 5.32 Å². The minimum absolute atomic E-state index is 0.469. The van der Waals surface area contributed by atoms with Gasteiger partial charge in [0, 0.05) is 12.1 Å². The Morgan fingerprint density at radius 3 is 2.95 bits per heavy atom. The number of nitriles is 1. The van der Waals surface area contributed by atoms with Crippen LogP contribution in [0, 0.1) is 11.3 Å². The van der Waals surface area contributed by atoms with Gasteiger partial charge in [-0.25, -0.2) is 4.98 Å². The van der Waals surface area contributed by atoms with Gasteiger partial charge in [0.15, 0.2) is 0 Å². The van der Waals surface area contributed by atoms with Crippen LogP contribution in [-0.2, 0) is 6.42 Å². The molecule has 1 aliphatic rings. The van der Waals surface area contributed by atoms with E-state index in [-0.39, 0.29) is 0 Å². The molecule has 1 N–H and O–H groups in total. The van der Waals surface area contributed by atoms with Gasteiger partial charge in [0.2, 0.25) is 0 Å². The highest BCUT2D eigenvalue weighted by molar-refractivity contribution is 5.74. The lowest BCUT2D eigenvalue weighted by Crippen LogP contribution is -2.12. The molecular formula is C17H17N3. The van der Waals surface area contributed by atoms with Crippen molar-refractivity contribution in [3.05, 3.63) is 47.0 Å². The number of hydrogen-bond acceptors (Lipinski definition) is 3. The summed E-state index contributed by atoms with van der Waals surface area (Å²) in [5, 5.41) is 12.5. The van der Waals surface area contributed by atoms with Gasteiger partial charge in [-0.15, -0.1) is 0 Å². The quantitative estimate of drug-likeness (QED) is 0.898. The lowest BCUT2D eigenvalue weighted by Gasteiger charge is -2.25. The maximum Gasteiger partial charge on any atom is 0.144 e. The highest BCUT2D eigenvalue weighted by Crippen LogP contribution is 2.39. The summed E-state index contributed by atoms with van der Waals surface area (Å²) < 4.78 is 0. The molecule has 0 saturated carbocycles. The third kappa shape index (κ3) is 1.94. The van der Waals surface area contributed by atoms with Crippen LogP contribution in [0.4, 0.5) is 5.82 Å². The molecule has 0 radical (unpaired) electrons. The van der Waals surface area contributed by atoms with Gasteiger partial charge in [0.05, 0.1) is 11.3 Å². The van der Waals surface area contributed by atoms with Crippen molar-refractivity contribution in [1.29, 1.82) is 5.26 Å². The minimum atomic E-state index is 0.469. The number of benzene rings is 1. The first-order valence-electron chi connectivity index (χ1n) is 7.01. The van der Waals surface area contributed by atoms with Crippen LogP contribution in [0.25, 0.3) is 11.3 Å². The largest absolute Gasteiger partial charge is 0.369 e. The van der Waals surface area contributed by atoms with Crippen LogP contribution in [0.1, 0.15) is 36.5 Å². The maximum absolute atomic E-state index is 9.28. The number of rotatable bonds is 2. The van der Waals surface area contributed by atoms with E-state index >= 15 is 0 Å². The van der Waals surface area contributed by atoms with Gasteiger partial charge in [-0.2, -0.15) is 5.26 Å². The standard InChI is InChI=1S/C17H17N3/c1-3-19-17-13(10-18)9-12-8-11(2)14-6-4-5-7-15(14)16(12)20-17/h4-7,9,11H,3,8H2,1-2H3,(H,19,20). The Balaban J connectivity index is 2.22. The van der Waals surface area contributed by atoms with E-state index in [0.717, 1.165) is 18.7 Å².